The number of hydrogen-bond donors (Lipinski definition) is 0. The fourth-order valence-electron chi connectivity index (χ4n) is 4.50. The number of pyridine rings is 2. The van der Waals surface area contributed by atoms with Crippen LogP contribution >= 0.6 is 37.7 Å². The van der Waals surface area contributed by atoms with Crippen molar-refractivity contribution in [3.05, 3.63) is 109 Å². The van der Waals surface area contributed by atoms with Crippen LogP contribution in [0.15, 0.2) is 101 Å². The molecule has 0 fully saturated rings. The number of hydrogen-bond acceptors (Lipinski definition) is 3. The van der Waals surface area contributed by atoms with Crippen molar-refractivity contribution >= 4 is 81.4 Å². The van der Waals surface area contributed by atoms with Gasteiger partial charge in [0.15, 0.2) is 0 Å². The molecule has 0 spiro atoms. The van der Waals surface area contributed by atoms with E-state index in [0.717, 1.165) is 66.3 Å². The first kappa shape index (κ1) is 28.6. The SMILES string of the molecule is [Cl][Pt][Cl].[Cl][Pt][Cl].[c-]1ccc2c(oc3c(-c4ccc5ccccc5n4)[c-]ccc32)c1-c1ccc2ccccc2n1. The number of rotatable bonds is 2. The normalized spacial score (nSPS) is 11.0. The minimum atomic E-state index is -0.472. The molecule has 3 heterocycles. The van der Waals surface area contributed by atoms with E-state index in [1.54, 1.807) is 0 Å². The molecule has 0 atom stereocenters. The van der Waals surface area contributed by atoms with Gasteiger partial charge in [-0.1, -0.05) is 82.6 Å². The van der Waals surface area contributed by atoms with Crippen molar-refractivity contribution in [2.75, 3.05) is 0 Å². The predicted octanol–water partition coefficient (Wildman–Crippen LogP) is 10.4. The Balaban J connectivity index is 0.000000474. The molecule has 9 heteroatoms. The van der Waals surface area contributed by atoms with E-state index in [-0.39, 0.29) is 0 Å². The zero-order valence-corrected chi connectivity index (χ0v) is 27.3. The molecule has 7 aromatic rings. The molecule has 0 aliphatic heterocycles. The Morgan fingerprint density at radius 1 is 0.538 bits per heavy atom. The number of para-hydroxylation sites is 2. The number of furan rings is 1. The van der Waals surface area contributed by atoms with Gasteiger partial charge in [-0.15, -0.1) is 36.4 Å². The molecule has 7 rings (SSSR count). The summed E-state index contributed by atoms with van der Waals surface area (Å²) in [5.41, 5.74) is 6.84. The Labute approximate surface area is 258 Å². The molecular formula is C30H16Cl4N2OPt2-2. The quantitative estimate of drug-likeness (QED) is 0.162. The van der Waals surface area contributed by atoms with E-state index in [1.165, 1.54) is 0 Å². The molecule has 0 saturated heterocycles. The summed E-state index contributed by atoms with van der Waals surface area (Å²) in [6.45, 7) is 0. The van der Waals surface area contributed by atoms with Crippen molar-refractivity contribution in [2.45, 2.75) is 0 Å². The van der Waals surface area contributed by atoms with Crippen LogP contribution in [-0.4, -0.2) is 9.97 Å². The largest absolute Gasteiger partial charge is 0.545 e. The smallest absolute Gasteiger partial charge is 0.0595 e. The molecule has 0 bridgehead atoms. The Bertz CT molecular complexity index is 1760. The van der Waals surface area contributed by atoms with Crippen LogP contribution < -0.4 is 0 Å². The van der Waals surface area contributed by atoms with Crippen molar-refractivity contribution in [1.82, 2.24) is 9.97 Å². The minimum absolute atomic E-state index is 0.472. The number of benzene rings is 4. The van der Waals surface area contributed by atoms with Crippen molar-refractivity contribution in [1.29, 1.82) is 0 Å². The van der Waals surface area contributed by atoms with E-state index in [2.05, 4.69) is 36.4 Å². The first-order chi connectivity index (χ1) is 19.2. The van der Waals surface area contributed by atoms with Gasteiger partial charge in [0.25, 0.3) is 0 Å². The Morgan fingerprint density at radius 3 is 1.38 bits per heavy atom. The van der Waals surface area contributed by atoms with Gasteiger partial charge in [0.1, 0.15) is 0 Å². The van der Waals surface area contributed by atoms with Crippen molar-refractivity contribution < 1.29 is 37.4 Å². The molecule has 3 aromatic heterocycles. The summed E-state index contributed by atoms with van der Waals surface area (Å²) in [6.07, 6.45) is 0. The average Bonchev–Trinajstić information content (AvgIpc) is 3.37. The fraction of sp³-hybridized carbons (Fsp3) is 0. The van der Waals surface area contributed by atoms with E-state index in [9.17, 15) is 0 Å². The van der Waals surface area contributed by atoms with Crippen molar-refractivity contribution in [2.24, 2.45) is 0 Å². The summed E-state index contributed by atoms with van der Waals surface area (Å²) >= 11 is -0.944. The first-order valence-corrected chi connectivity index (χ1v) is 22.6. The Kier molecular flexibility index (Phi) is 9.96. The predicted molar refractivity (Wildman–Crippen MR) is 156 cm³/mol. The first-order valence-electron chi connectivity index (χ1n) is 11.3. The third-order valence-electron chi connectivity index (χ3n) is 6.10. The van der Waals surface area contributed by atoms with E-state index in [1.807, 2.05) is 72.8 Å². The summed E-state index contributed by atoms with van der Waals surface area (Å²) in [7, 11) is 19.5. The van der Waals surface area contributed by atoms with Crippen molar-refractivity contribution in [3.63, 3.8) is 0 Å². The second-order valence-corrected chi connectivity index (χ2v) is 14.7. The fourth-order valence-corrected chi connectivity index (χ4v) is 4.50. The summed E-state index contributed by atoms with van der Waals surface area (Å²) in [5.74, 6) is 0. The molecule has 0 radical (unpaired) electrons. The van der Waals surface area contributed by atoms with Crippen LogP contribution in [0.5, 0.6) is 0 Å². The standard InChI is InChI=1S/C30H16N2O.4ClH.2Pt/c1-3-13-25-19(7-1)15-17-27(31-25)23-11-5-9-21-22-10-6-12-24(30(22)33-29(21)23)28-18-16-20-8-2-4-14-26(20)32-28;;;;;;/h1-10,13-18H;4*1H;;/q-2;;;;;2*+2/p-4. The maximum atomic E-state index is 6.51. The van der Waals surface area contributed by atoms with Crippen LogP contribution in [0.2, 0.25) is 0 Å². The van der Waals surface area contributed by atoms with Crippen LogP contribution in [-0.2, 0) is 33.0 Å². The number of aromatic nitrogens is 2. The number of fused-ring (bicyclic) bond motifs is 5. The summed E-state index contributed by atoms with van der Waals surface area (Å²) in [5, 5.41) is 4.28. The maximum absolute atomic E-state index is 6.51. The summed E-state index contributed by atoms with van der Waals surface area (Å²) in [6, 6.07) is 39.1. The van der Waals surface area contributed by atoms with Gasteiger partial charge in [-0.3, -0.25) is 9.97 Å². The van der Waals surface area contributed by atoms with Crippen molar-refractivity contribution in [3.8, 4) is 22.5 Å². The molecule has 4 aromatic carbocycles. The van der Waals surface area contributed by atoms with E-state index in [4.69, 9.17) is 52.1 Å². The summed E-state index contributed by atoms with van der Waals surface area (Å²) < 4.78 is 6.51. The zero-order chi connectivity index (χ0) is 27.2. The molecule has 0 aliphatic rings. The number of halogens is 4. The Morgan fingerprint density at radius 2 is 0.949 bits per heavy atom. The van der Waals surface area contributed by atoms with Gasteiger partial charge < -0.3 is 4.42 Å². The third kappa shape index (κ3) is 6.20. The van der Waals surface area contributed by atoms with Crippen LogP contribution in [0.25, 0.3) is 66.3 Å². The molecule has 202 valence electrons. The van der Waals surface area contributed by atoms with Crippen LogP contribution in [0.1, 0.15) is 0 Å². The monoisotopic (exact) mass is 950 g/mol. The molecule has 0 amide bonds. The van der Waals surface area contributed by atoms with Crippen LogP contribution in [0.3, 0.4) is 0 Å². The van der Waals surface area contributed by atoms with Gasteiger partial charge >= 0.3 is 70.6 Å². The summed E-state index contributed by atoms with van der Waals surface area (Å²) in [4.78, 5) is 9.74. The molecule has 39 heavy (non-hydrogen) atoms. The Hall–Kier alpha value is -1.96. The van der Waals surface area contributed by atoms with E-state index >= 15 is 0 Å². The second-order valence-electron chi connectivity index (χ2n) is 8.16. The van der Waals surface area contributed by atoms with E-state index < -0.39 is 33.0 Å². The van der Waals surface area contributed by atoms with Gasteiger partial charge in [-0.25, -0.2) is 0 Å². The van der Waals surface area contributed by atoms with Gasteiger partial charge in [0.2, 0.25) is 0 Å². The molecule has 0 aliphatic carbocycles. The van der Waals surface area contributed by atoms with Gasteiger partial charge in [-0.05, 0) is 34.3 Å². The maximum Gasteiger partial charge on any atom is 0.0595 e. The molecule has 0 N–H and O–H groups in total. The van der Waals surface area contributed by atoms with Gasteiger partial charge in [0.05, 0.1) is 11.0 Å². The van der Waals surface area contributed by atoms with Crippen LogP contribution in [0, 0.1) is 12.1 Å². The molecular weight excluding hydrogens is 936 g/mol. The van der Waals surface area contributed by atoms with Gasteiger partial charge in [-0.2, -0.15) is 0 Å². The minimum Gasteiger partial charge on any atom is -0.545 e. The number of nitrogens with zero attached hydrogens (tertiary/aromatic N) is 2. The van der Waals surface area contributed by atoms with Crippen LogP contribution in [0.4, 0.5) is 0 Å². The third-order valence-corrected chi connectivity index (χ3v) is 6.10. The average molecular weight is 952 g/mol. The topological polar surface area (TPSA) is 38.9 Å². The zero-order valence-electron chi connectivity index (χ0n) is 19.7. The molecule has 0 unspecified atom stereocenters. The molecule has 0 saturated carbocycles. The second kappa shape index (κ2) is 13.6. The van der Waals surface area contributed by atoms with Gasteiger partial charge in [0, 0.05) is 11.2 Å². The van der Waals surface area contributed by atoms with E-state index in [0.29, 0.717) is 0 Å². The molecule has 3 nitrogen and oxygen atoms in total.